The molecule has 2 atom stereocenters. The lowest BCUT2D eigenvalue weighted by atomic mass is 9.73. The van der Waals surface area contributed by atoms with Crippen LogP contribution in [-0.2, 0) is 9.59 Å². The Morgan fingerprint density at radius 3 is 2.61 bits per heavy atom. The maximum Gasteiger partial charge on any atom is 0.325 e. The molecule has 2 unspecified atom stereocenters. The van der Waals surface area contributed by atoms with Crippen molar-refractivity contribution in [1.82, 2.24) is 10.2 Å². The molecule has 2 aromatic carbocycles. The number of nitrogens with zero attached hydrogens (tertiary/aromatic N) is 1. The van der Waals surface area contributed by atoms with E-state index in [9.17, 15) is 14.4 Å². The summed E-state index contributed by atoms with van der Waals surface area (Å²) in [5.41, 5.74) is -0.471. The minimum absolute atomic E-state index is 0.0375. The molecular formula is C23H24ClN3O4. The monoisotopic (exact) mass is 441 g/mol. The Labute approximate surface area is 185 Å². The lowest BCUT2D eigenvalue weighted by molar-refractivity contribution is -0.136. The first-order valence-corrected chi connectivity index (χ1v) is 10.7. The highest BCUT2D eigenvalue weighted by atomic mass is 35.5. The second-order valence-electron chi connectivity index (χ2n) is 8.02. The van der Waals surface area contributed by atoms with E-state index in [4.69, 9.17) is 16.3 Å². The van der Waals surface area contributed by atoms with Crippen molar-refractivity contribution < 1.29 is 19.1 Å². The molecule has 0 radical (unpaired) electrons. The molecule has 162 valence electrons. The maximum absolute atomic E-state index is 13.1. The quantitative estimate of drug-likeness (QED) is 0.665. The predicted octanol–water partition coefficient (Wildman–Crippen LogP) is 4.57. The Bertz CT molecular complexity index is 1030. The van der Waals surface area contributed by atoms with E-state index < -0.39 is 17.5 Å². The Kier molecular flexibility index (Phi) is 5.87. The van der Waals surface area contributed by atoms with Crippen LogP contribution in [-0.4, -0.2) is 34.8 Å². The van der Waals surface area contributed by atoms with Crippen LogP contribution >= 0.6 is 11.6 Å². The summed E-state index contributed by atoms with van der Waals surface area (Å²) in [5.74, 6) is 0.0851. The average molecular weight is 442 g/mol. The zero-order valence-electron chi connectivity index (χ0n) is 17.2. The number of rotatable bonds is 5. The van der Waals surface area contributed by atoms with E-state index in [0.717, 1.165) is 24.2 Å². The third-order valence-electron chi connectivity index (χ3n) is 6.02. The second kappa shape index (κ2) is 8.59. The molecule has 1 heterocycles. The van der Waals surface area contributed by atoms with Crippen molar-refractivity contribution >= 4 is 35.1 Å². The summed E-state index contributed by atoms with van der Waals surface area (Å²) >= 11 is 6.16. The number of nitrogens with one attached hydrogen (secondary N) is 2. The van der Waals surface area contributed by atoms with E-state index >= 15 is 0 Å². The van der Waals surface area contributed by atoms with E-state index in [0.29, 0.717) is 28.6 Å². The highest BCUT2D eigenvalue weighted by Gasteiger charge is 2.55. The van der Waals surface area contributed by atoms with Crippen LogP contribution in [0.4, 0.5) is 10.5 Å². The molecule has 4 rings (SSSR count). The van der Waals surface area contributed by atoms with E-state index in [1.165, 1.54) is 0 Å². The minimum Gasteiger partial charge on any atom is -0.454 e. The number of para-hydroxylation sites is 3. The summed E-state index contributed by atoms with van der Waals surface area (Å²) in [6.07, 6.45) is 3.39. The van der Waals surface area contributed by atoms with Crippen molar-refractivity contribution in [3.63, 3.8) is 0 Å². The normalized spacial score (nSPS) is 23.0. The van der Waals surface area contributed by atoms with Gasteiger partial charge in [-0.1, -0.05) is 55.6 Å². The molecule has 1 saturated carbocycles. The average Bonchev–Trinajstić information content (AvgIpc) is 2.98. The molecule has 2 N–H and O–H groups in total. The van der Waals surface area contributed by atoms with Crippen LogP contribution in [0.1, 0.15) is 32.6 Å². The third kappa shape index (κ3) is 4.10. The number of amides is 4. The van der Waals surface area contributed by atoms with Gasteiger partial charge in [0.15, 0.2) is 5.75 Å². The standard InChI is InChI=1S/C23H24ClN3O4/c1-15-8-6-7-13-23(15)21(29)27(22(30)26-23)14-20(28)25-17-10-3-5-12-19(17)31-18-11-4-2-9-16(18)24/h2-5,9-12,15H,6-8,13-14H2,1H3,(H,25,28)(H,26,30). The van der Waals surface area contributed by atoms with E-state index in [1.807, 2.05) is 6.92 Å². The number of hydrogen-bond acceptors (Lipinski definition) is 4. The molecule has 1 saturated heterocycles. The molecule has 4 amide bonds. The van der Waals surface area contributed by atoms with Crippen LogP contribution in [0.15, 0.2) is 48.5 Å². The lowest BCUT2D eigenvalue weighted by Gasteiger charge is -2.36. The summed E-state index contributed by atoms with van der Waals surface area (Å²) in [6.45, 7) is 1.61. The fourth-order valence-corrected chi connectivity index (χ4v) is 4.45. The maximum atomic E-state index is 13.1. The number of carbonyl (C=O) groups excluding carboxylic acids is 3. The van der Waals surface area contributed by atoms with Gasteiger partial charge >= 0.3 is 6.03 Å². The van der Waals surface area contributed by atoms with Gasteiger partial charge in [0.25, 0.3) is 5.91 Å². The van der Waals surface area contributed by atoms with Crippen molar-refractivity contribution in [2.75, 3.05) is 11.9 Å². The Morgan fingerprint density at radius 2 is 1.87 bits per heavy atom. The van der Waals surface area contributed by atoms with Gasteiger partial charge in [0.1, 0.15) is 17.8 Å². The summed E-state index contributed by atoms with van der Waals surface area (Å²) in [5, 5.41) is 6.04. The van der Waals surface area contributed by atoms with Crippen LogP contribution < -0.4 is 15.4 Å². The Balaban J connectivity index is 1.47. The predicted molar refractivity (Wildman–Crippen MR) is 117 cm³/mol. The zero-order chi connectivity index (χ0) is 22.0. The molecule has 0 aromatic heterocycles. The van der Waals surface area contributed by atoms with E-state index in [-0.39, 0.29) is 18.4 Å². The lowest BCUT2D eigenvalue weighted by Crippen LogP contribution is -2.54. The molecule has 2 fully saturated rings. The molecule has 1 aliphatic heterocycles. The highest BCUT2D eigenvalue weighted by molar-refractivity contribution is 6.32. The van der Waals surface area contributed by atoms with E-state index in [2.05, 4.69) is 10.6 Å². The van der Waals surface area contributed by atoms with Crippen molar-refractivity contribution in [1.29, 1.82) is 0 Å². The molecule has 7 nitrogen and oxygen atoms in total. The molecule has 2 aromatic rings. The van der Waals surface area contributed by atoms with Gasteiger partial charge in [-0.15, -0.1) is 0 Å². The molecule has 1 aliphatic carbocycles. The molecule has 2 aliphatic rings. The summed E-state index contributed by atoms with van der Waals surface area (Å²) in [7, 11) is 0. The van der Waals surface area contributed by atoms with Crippen molar-refractivity contribution in [2.24, 2.45) is 5.92 Å². The number of ether oxygens (including phenoxy) is 1. The Morgan fingerprint density at radius 1 is 1.16 bits per heavy atom. The van der Waals surface area contributed by atoms with Crippen molar-refractivity contribution in [3.8, 4) is 11.5 Å². The van der Waals surface area contributed by atoms with Gasteiger partial charge in [0.05, 0.1) is 10.7 Å². The summed E-state index contributed by atoms with van der Waals surface area (Å²) in [6, 6.07) is 13.4. The number of imide groups is 1. The van der Waals surface area contributed by atoms with Crippen LogP contribution in [0.2, 0.25) is 5.02 Å². The second-order valence-corrected chi connectivity index (χ2v) is 8.42. The first kappa shape index (κ1) is 21.2. The molecule has 8 heteroatoms. The first-order chi connectivity index (χ1) is 14.9. The van der Waals surface area contributed by atoms with Crippen molar-refractivity contribution in [3.05, 3.63) is 53.6 Å². The molecule has 31 heavy (non-hydrogen) atoms. The summed E-state index contributed by atoms with van der Waals surface area (Å²) < 4.78 is 5.85. The minimum atomic E-state index is -0.888. The SMILES string of the molecule is CC1CCCCC12NC(=O)N(CC(=O)Nc1ccccc1Oc1ccccc1Cl)C2=O. The molecule has 0 bridgehead atoms. The number of anilines is 1. The first-order valence-electron chi connectivity index (χ1n) is 10.4. The van der Waals surface area contributed by atoms with Crippen LogP contribution in [0, 0.1) is 5.92 Å². The van der Waals surface area contributed by atoms with Crippen LogP contribution in [0.25, 0.3) is 0 Å². The Hall–Kier alpha value is -3.06. The number of halogens is 1. The van der Waals surface area contributed by atoms with Gasteiger partial charge in [0.2, 0.25) is 5.91 Å². The topological polar surface area (TPSA) is 87.7 Å². The fourth-order valence-electron chi connectivity index (χ4n) is 4.28. The van der Waals surface area contributed by atoms with Gasteiger partial charge in [0, 0.05) is 0 Å². The fraction of sp³-hybridized carbons (Fsp3) is 0.348. The smallest absolute Gasteiger partial charge is 0.325 e. The van der Waals surface area contributed by atoms with Gasteiger partial charge in [-0.2, -0.15) is 0 Å². The van der Waals surface area contributed by atoms with Gasteiger partial charge in [-0.3, -0.25) is 14.5 Å². The number of carbonyl (C=O) groups is 3. The number of hydrogen-bond donors (Lipinski definition) is 2. The van der Waals surface area contributed by atoms with E-state index in [1.54, 1.807) is 48.5 Å². The summed E-state index contributed by atoms with van der Waals surface area (Å²) in [4.78, 5) is 39.3. The molecule has 1 spiro atoms. The van der Waals surface area contributed by atoms with Crippen molar-refractivity contribution in [2.45, 2.75) is 38.1 Å². The number of urea groups is 1. The third-order valence-corrected chi connectivity index (χ3v) is 6.33. The van der Waals surface area contributed by atoms with Gasteiger partial charge in [-0.05, 0) is 43.0 Å². The molecular weight excluding hydrogens is 418 g/mol. The van der Waals surface area contributed by atoms with Crippen LogP contribution in [0.3, 0.4) is 0 Å². The van der Waals surface area contributed by atoms with Gasteiger partial charge < -0.3 is 15.4 Å². The largest absolute Gasteiger partial charge is 0.454 e. The highest BCUT2D eigenvalue weighted by Crippen LogP contribution is 2.38. The van der Waals surface area contributed by atoms with Crippen LogP contribution in [0.5, 0.6) is 11.5 Å². The zero-order valence-corrected chi connectivity index (χ0v) is 17.9. The van der Waals surface area contributed by atoms with Gasteiger partial charge in [-0.25, -0.2) is 4.79 Å². The number of benzene rings is 2.